The Morgan fingerprint density at radius 2 is 1.67 bits per heavy atom. The van der Waals surface area contributed by atoms with Crippen molar-refractivity contribution >= 4 is 18.0 Å². The molecule has 1 amide bonds. The fourth-order valence-electron chi connectivity index (χ4n) is 3.15. The lowest BCUT2D eigenvalue weighted by Gasteiger charge is -2.14. The molecule has 0 spiro atoms. The summed E-state index contributed by atoms with van der Waals surface area (Å²) in [6.45, 7) is 2.12. The van der Waals surface area contributed by atoms with Crippen molar-refractivity contribution in [2.45, 2.75) is 19.6 Å². The van der Waals surface area contributed by atoms with E-state index >= 15 is 0 Å². The number of carbonyl (C=O) groups is 2. The SMILES string of the molecule is COC(=O)c1ccc(COc2ccccc2/C=C(\C#N)C(=O)N[C@@H](C)c2ccccc2)cc1. The van der Waals surface area contributed by atoms with Crippen molar-refractivity contribution in [3.63, 3.8) is 0 Å². The van der Waals surface area contributed by atoms with Crippen LogP contribution in [0.4, 0.5) is 0 Å². The minimum Gasteiger partial charge on any atom is -0.488 e. The van der Waals surface area contributed by atoms with Crippen LogP contribution in [0.3, 0.4) is 0 Å². The number of methoxy groups -OCH3 is 1. The third-order valence-corrected chi connectivity index (χ3v) is 5.00. The van der Waals surface area contributed by atoms with Gasteiger partial charge >= 0.3 is 5.97 Å². The zero-order chi connectivity index (χ0) is 23.6. The zero-order valence-corrected chi connectivity index (χ0v) is 18.4. The Labute approximate surface area is 193 Å². The van der Waals surface area contributed by atoms with Crippen LogP contribution in [0, 0.1) is 11.3 Å². The van der Waals surface area contributed by atoms with Crippen molar-refractivity contribution < 1.29 is 19.1 Å². The number of amides is 1. The van der Waals surface area contributed by atoms with Gasteiger partial charge in [0, 0.05) is 5.56 Å². The minimum absolute atomic E-state index is 0.0173. The second-order valence-corrected chi connectivity index (χ2v) is 7.29. The molecule has 0 saturated carbocycles. The number of carbonyl (C=O) groups excluding carboxylic acids is 2. The lowest BCUT2D eigenvalue weighted by atomic mass is 10.1. The van der Waals surface area contributed by atoms with E-state index in [-0.39, 0.29) is 18.2 Å². The number of hydrogen-bond acceptors (Lipinski definition) is 5. The predicted molar refractivity (Wildman–Crippen MR) is 125 cm³/mol. The molecule has 0 fully saturated rings. The largest absolute Gasteiger partial charge is 0.488 e. The van der Waals surface area contributed by atoms with Crippen LogP contribution in [0.2, 0.25) is 0 Å². The highest BCUT2D eigenvalue weighted by molar-refractivity contribution is 6.02. The van der Waals surface area contributed by atoms with E-state index in [4.69, 9.17) is 9.47 Å². The van der Waals surface area contributed by atoms with Gasteiger partial charge in [-0.3, -0.25) is 4.79 Å². The van der Waals surface area contributed by atoms with Crippen LogP contribution in [0.5, 0.6) is 5.75 Å². The van der Waals surface area contributed by atoms with Crippen molar-refractivity contribution in [1.29, 1.82) is 5.26 Å². The first kappa shape index (κ1) is 23.3. The quantitative estimate of drug-likeness (QED) is 0.308. The highest BCUT2D eigenvalue weighted by Crippen LogP contribution is 2.23. The molecule has 3 aromatic carbocycles. The zero-order valence-electron chi connectivity index (χ0n) is 18.4. The Hall–Kier alpha value is -4.37. The van der Waals surface area contributed by atoms with Gasteiger partial charge in [-0.1, -0.05) is 60.7 Å². The van der Waals surface area contributed by atoms with Crippen molar-refractivity contribution in [3.8, 4) is 11.8 Å². The van der Waals surface area contributed by atoms with Gasteiger partial charge in [-0.05, 0) is 42.3 Å². The van der Waals surface area contributed by atoms with Crippen LogP contribution >= 0.6 is 0 Å². The molecule has 0 bridgehead atoms. The summed E-state index contributed by atoms with van der Waals surface area (Å²) in [6, 6.07) is 25.4. The Morgan fingerprint density at radius 1 is 1.00 bits per heavy atom. The molecule has 0 saturated heterocycles. The van der Waals surface area contributed by atoms with Crippen molar-refractivity contribution in [2.24, 2.45) is 0 Å². The number of ether oxygens (including phenoxy) is 2. The number of esters is 1. The third kappa shape index (κ3) is 6.31. The first-order valence-corrected chi connectivity index (χ1v) is 10.4. The fourth-order valence-corrected chi connectivity index (χ4v) is 3.15. The first-order valence-electron chi connectivity index (χ1n) is 10.4. The van der Waals surface area contributed by atoms with Gasteiger partial charge in [-0.15, -0.1) is 0 Å². The number of hydrogen-bond donors (Lipinski definition) is 1. The highest BCUT2D eigenvalue weighted by Gasteiger charge is 2.15. The molecule has 33 heavy (non-hydrogen) atoms. The summed E-state index contributed by atoms with van der Waals surface area (Å²) in [5.41, 5.74) is 2.86. The molecule has 3 aromatic rings. The van der Waals surface area contributed by atoms with Gasteiger partial charge in [0.05, 0.1) is 18.7 Å². The van der Waals surface area contributed by atoms with E-state index in [0.29, 0.717) is 16.9 Å². The molecular formula is C27H24N2O4. The Balaban J connectivity index is 1.72. The normalized spacial score (nSPS) is 11.7. The van der Waals surface area contributed by atoms with Gasteiger partial charge in [0.2, 0.25) is 0 Å². The molecule has 6 heteroatoms. The molecule has 6 nitrogen and oxygen atoms in total. The molecule has 0 unspecified atom stereocenters. The number of rotatable bonds is 8. The summed E-state index contributed by atoms with van der Waals surface area (Å²) in [5, 5.41) is 12.4. The molecule has 0 aliphatic carbocycles. The molecule has 0 aromatic heterocycles. The molecule has 1 N–H and O–H groups in total. The maximum Gasteiger partial charge on any atom is 0.337 e. The summed E-state index contributed by atoms with van der Waals surface area (Å²) in [5.74, 6) is -0.324. The molecule has 0 heterocycles. The van der Waals surface area contributed by atoms with Crippen LogP contribution in [0.1, 0.15) is 40.0 Å². The maximum absolute atomic E-state index is 12.7. The number of nitrogens with one attached hydrogen (secondary N) is 1. The summed E-state index contributed by atoms with van der Waals surface area (Å²) < 4.78 is 10.6. The molecule has 1 atom stereocenters. The average Bonchev–Trinajstić information content (AvgIpc) is 2.86. The summed E-state index contributed by atoms with van der Waals surface area (Å²) >= 11 is 0. The first-order chi connectivity index (χ1) is 16.0. The standard InChI is InChI=1S/C27H24N2O4/c1-19(21-8-4-3-5-9-21)29-26(30)24(17-28)16-23-10-6-7-11-25(23)33-18-20-12-14-22(15-13-20)27(31)32-2/h3-16,19H,18H2,1-2H3,(H,29,30)/b24-16+/t19-/m0/s1. The van der Waals surface area contributed by atoms with E-state index in [0.717, 1.165) is 11.1 Å². The predicted octanol–water partition coefficient (Wildman–Crippen LogP) is 4.84. The Kier molecular flexibility index (Phi) is 7.98. The van der Waals surface area contributed by atoms with Crippen LogP contribution < -0.4 is 10.1 Å². The van der Waals surface area contributed by atoms with Gasteiger partial charge in [0.25, 0.3) is 5.91 Å². The lowest BCUT2D eigenvalue weighted by molar-refractivity contribution is -0.117. The second kappa shape index (κ2) is 11.3. The molecular weight excluding hydrogens is 416 g/mol. The number of benzene rings is 3. The van der Waals surface area contributed by atoms with Crippen LogP contribution in [0.25, 0.3) is 6.08 Å². The lowest BCUT2D eigenvalue weighted by Crippen LogP contribution is -2.27. The topological polar surface area (TPSA) is 88.4 Å². The van der Waals surface area contributed by atoms with Gasteiger partial charge in [0.15, 0.2) is 0 Å². The van der Waals surface area contributed by atoms with E-state index in [1.807, 2.05) is 55.5 Å². The van der Waals surface area contributed by atoms with Crippen LogP contribution in [0.15, 0.2) is 84.4 Å². The van der Waals surface area contributed by atoms with Crippen LogP contribution in [-0.4, -0.2) is 19.0 Å². The molecule has 0 radical (unpaired) electrons. The highest BCUT2D eigenvalue weighted by atomic mass is 16.5. The second-order valence-electron chi connectivity index (χ2n) is 7.29. The van der Waals surface area contributed by atoms with E-state index in [9.17, 15) is 14.9 Å². The Bertz CT molecular complexity index is 1180. The van der Waals surface area contributed by atoms with Crippen LogP contribution in [-0.2, 0) is 16.1 Å². The smallest absolute Gasteiger partial charge is 0.337 e. The van der Waals surface area contributed by atoms with E-state index in [1.165, 1.54) is 13.2 Å². The van der Waals surface area contributed by atoms with E-state index in [2.05, 4.69) is 5.32 Å². The van der Waals surface area contributed by atoms with Gasteiger partial charge in [-0.25, -0.2) is 4.79 Å². The molecule has 0 aliphatic rings. The van der Waals surface area contributed by atoms with E-state index in [1.54, 1.807) is 36.4 Å². The van der Waals surface area contributed by atoms with Gasteiger partial charge in [-0.2, -0.15) is 5.26 Å². The maximum atomic E-state index is 12.7. The summed E-state index contributed by atoms with van der Waals surface area (Å²) in [6.07, 6.45) is 1.52. The van der Waals surface area contributed by atoms with Crippen molar-refractivity contribution in [2.75, 3.05) is 7.11 Å². The monoisotopic (exact) mass is 440 g/mol. The molecule has 166 valence electrons. The van der Waals surface area contributed by atoms with Crippen molar-refractivity contribution in [3.05, 3.63) is 107 Å². The Morgan fingerprint density at radius 3 is 2.33 bits per heavy atom. The number of nitriles is 1. The number of nitrogens with zero attached hydrogens (tertiary/aromatic N) is 1. The van der Waals surface area contributed by atoms with E-state index < -0.39 is 11.9 Å². The minimum atomic E-state index is -0.456. The summed E-state index contributed by atoms with van der Waals surface area (Å²) in [4.78, 5) is 24.2. The van der Waals surface area contributed by atoms with Gasteiger partial charge < -0.3 is 14.8 Å². The fraction of sp³-hybridized carbons (Fsp3) is 0.148. The number of para-hydroxylation sites is 1. The molecule has 0 aliphatic heterocycles. The van der Waals surface area contributed by atoms with Gasteiger partial charge in [0.1, 0.15) is 24.0 Å². The average molecular weight is 440 g/mol. The van der Waals surface area contributed by atoms with Crippen molar-refractivity contribution in [1.82, 2.24) is 5.32 Å². The third-order valence-electron chi connectivity index (χ3n) is 5.00. The molecule has 3 rings (SSSR count). The summed E-state index contributed by atoms with van der Waals surface area (Å²) in [7, 11) is 1.34.